The molecule has 0 fully saturated rings. The molecule has 1 aliphatic rings. The van der Waals surface area contributed by atoms with Gasteiger partial charge in [-0.3, -0.25) is 4.90 Å². The highest BCUT2D eigenvalue weighted by atomic mass is 19.4. The van der Waals surface area contributed by atoms with Crippen molar-refractivity contribution in [1.29, 1.82) is 0 Å². The monoisotopic (exact) mass is 385 g/mol. The topological polar surface area (TPSA) is 16.4 Å². The van der Waals surface area contributed by atoms with Crippen LogP contribution < -0.4 is 0 Å². The second kappa shape index (κ2) is 7.47. The molecule has 0 spiro atoms. The highest BCUT2D eigenvalue weighted by Crippen LogP contribution is 2.32. The van der Waals surface area contributed by atoms with Crippen LogP contribution in [0.5, 0.6) is 0 Å². The lowest BCUT2D eigenvalue weighted by atomic mass is 9.97. The molecular formula is C23H22F3NO. The number of hydrogen-bond acceptors (Lipinski definition) is 2. The van der Waals surface area contributed by atoms with E-state index in [4.69, 9.17) is 4.42 Å². The minimum atomic E-state index is -4.30. The van der Waals surface area contributed by atoms with Gasteiger partial charge in [0.1, 0.15) is 5.58 Å². The Morgan fingerprint density at radius 3 is 2.71 bits per heavy atom. The molecule has 0 N–H and O–H groups in total. The zero-order chi connectivity index (χ0) is 19.7. The third-order valence-electron chi connectivity index (χ3n) is 5.40. The molecule has 146 valence electrons. The van der Waals surface area contributed by atoms with Gasteiger partial charge in [-0.25, -0.2) is 0 Å². The van der Waals surface area contributed by atoms with E-state index in [2.05, 4.69) is 23.1 Å². The zero-order valence-corrected chi connectivity index (χ0v) is 15.7. The van der Waals surface area contributed by atoms with Crippen LogP contribution in [0.25, 0.3) is 16.5 Å². The SMILES string of the molecule is Cc1coc2ccc(CCN3CC=C(c4cccc(C(F)(F)F)c4)CC3)cc12. The highest BCUT2D eigenvalue weighted by molar-refractivity contribution is 5.81. The average Bonchev–Trinajstić information content (AvgIpc) is 3.07. The fourth-order valence-electron chi connectivity index (χ4n) is 3.72. The van der Waals surface area contributed by atoms with Gasteiger partial charge in [-0.1, -0.05) is 24.3 Å². The molecule has 0 saturated heterocycles. The van der Waals surface area contributed by atoms with E-state index in [0.717, 1.165) is 60.6 Å². The molecule has 2 aromatic carbocycles. The summed E-state index contributed by atoms with van der Waals surface area (Å²) >= 11 is 0. The Labute approximate surface area is 162 Å². The van der Waals surface area contributed by atoms with Crippen LogP contribution in [0.15, 0.2) is 59.2 Å². The Bertz CT molecular complexity index is 1020. The second-order valence-corrected chi connectivity index (χ2v) is 7.36. The van der Waals surface area contributed by atoms with Crippen LogP contribution >= 0.6 is 0 Å². The summed E-state index contributed by atoms with van der Waals surface area (Å²) in [7, 11) is 0. The standard InChI is InChI=1S/C23H22F3NO/c1-16-15-28-22-6-5-17(13-21(16)22)7-10-27-11-8-18(9-12-27)19-3-2-4-20(14-19)23(24,25)26/h2-6,8,13-15H,7,9-12H2,1H3. The van der Waals surface area contributed by atoms with E-state index in [1.54, 1.807) is 12.3 Å². The molecule has 4 rings (SSSR count). The Hall–Kier alpha value is -2.53. The molecule has 0 atom stereocenters. The predicted octanol–water partition coefficient (Wildman–Crippen LogP) is 6.09. The summed E-state index contributed by atoms with van der Waals surface area (Å²) in [5.74, 6) is 0. The van der Waals surface area contributed by atoms with Gasteiger partial charge in [0, 0.05) is 25.0 Å². The first-order chi connectivity index (χ1) is 13.4. The van der Waals surface area contributed by atoms with Gasteiger partial charge in [-0.15, -0.1) is 0 Å². The van der Waals surface area contributed by atoms with Crippen molar-refractivity contribution in [2.45, 2.75) is 25.9 Å². The van der Waals surface area contributed by atoms with E-state index in [1.165, 1.54) is 17.7 Å². The average molecular weight is 385 g/mol. The summed E-state index contributed by atoms with van der Waals surface area (Å²) < 4.78 is 44.3. The second-order valence-electron chi connectivity index (χ2n) is 7.36. The minimum Gasteiger partial charge on any atom is -0.464 e. The lowest BCUT2D eigenvalue weighted by Gasteiger charge is -2.26. The van der Waals surface area contributed by atoms with Gasteiger partial charge in [0.15, 0.2) is 0 Å². The van der Waals surface area contributed by atoms with E-state index in [9.17, 15) is 13.2 Å². The van der Waals surface area contributed by atoms with Crippen molar-refractivity contribution in [2.75, 3.05) is 19.6 Å². The first-order valence-electron chi connectivity index (χ1n) is 9.46. The number of aryl methyl sites for hydroxylation is 1. The molecule has 5 heteroatoms. The van der Waals surface area contributed by atoms with Crippen LogP contribution in [0.3, 0.4) is 0 Å². The Balaban J connectivity index is 1.39. The molecule has 0 aliphatic carbocycles. The maximum Gasteiger partial charge on any atom is 0.416 e. The van der Waals surface area contributed by atoms with Crippen molar-refractivity contribution in [3.63, 3.8) is 0 Å². The number of halogens is 3. The van der Waals surface area contributed by atoms with Crippen LogP contribution in [0.4, 0.5) is 13.2 Å². The normalized spacial score (nSPS) is 15.8. The van der Waals surface area contributed by atoms with Gasteiger partial charge < -0.3 is 4.42 Å². The van der Waals surface area contributed by atoms with Crippen molar-refractivity contribution in [2.24, 2.45) is 0 Å². The Morgan fingerprint density at radius 2 is 1.96 bits per heavy atom. The van der Waals surface area contributed by atoms with E-state index in [-0.39, 0.29) is 0 Å². The van der Waals surface area contributed by atoms with Crippen molar-refractivity contribution in [1.82, 2.24) is 4.90 Å². The number of alkyl halides is 3. The van der Waals surface area contributed by atoms with E-state index >= 15 is 0 Å². The minimum absolute atomic E-state index is 0.585. The first-order valence-corrected chi connectivity index (χ1v) is 9.46. The number of fused-ring (bicyclic) bond motifs is 1. The molecule has 2 heterocycles. The maximum absolute atomic E-state index is 12.9. The van der Waals surface area contributed by atoms with Crippen molar-refractivity contribution < 1.29 is 17.6 Å². The number of hydrogen-bond donors (Lipinski definition) is 0. The molecule has 3 aromatic rings. The maximum atomic E-state index is 12.9. The molecule has 0 bridgehead atoms. The molecule has 0 amide bonds. The zero-order valence-electron chi connectivity index (χ0n) is 15.7. The van der Waals surface area contributed by atoms with Crippen molar-refractivity contribution in [3.8, 4) is 0 Å². The van der Waals surface area contributed by atoms with Crippen LogP contribution in [0, 0.1) is 6.92 Å². The number of furan rings is 1. The van der Waals surface area contributed by atoms with E-state index in [0.29, 0.717) is 5.56 Å². The summed E-state index contributed by atoms with van der Waals surface area (Å²) in [4.78, 5) is 2.34. The summed E-state index contributed by atoms with van der Waals surface area (Å²) in [6, 6.07) is 11.9. The van der Waals surface area contributed by atoms with Gasteiger partial charge in [-0.2, -0.15) is 13.2 Å². The molecule has 0 saturated carbocycles. The van der Waals surface area contributed by atoms with Gasteiger partial charge in [0.25, 0.3) is 0 Å². The van der Waals surface area contributed by atoms with Crippen molar-refractivity contribution in [3.05, 3.63) is 77.1 Å². The number of benzene rings is 2. The fourth-order valence-corrected chi connectivity index (χ4v) is 3.72. The molecule has 0 unspecified atom stereocenters. The van der Waals surface area contributed by atoms with Crippen LogP contribution in [0.2, 0.25) is 0 Å². The largest absolute Gasteiger partial charge is 0.464 e. The van der Waals surface area contributed by atoms with Crippen LogP contribution in [-0.2, 0) is 12.6 Å². The molecule has 1 aliphatic heterocycles. The smallest absolute Gasteiger partial charge is 0.416 e. The predicted molar refractivity (Wildman–Crippen MR) is 105 cm³/mol. The third kappa shape index (κ3) is 3.99. The van der Waals surface area contributed by atoms with Gasteiger partial charge in [0.2, 0.25) is 0 Å². The molecule has 28 heavy (non-hydrogen) atoms. The van der Waals surface area contributed by atoms with Gasteiger partial charge in [0.05, 0.1) is 11.8 Å². The van der Waals surface area contributed by atoms with Crippen LogP contribution in [0.1, 0.15) is 28.7 Å². The van der Waals surface area contributed by atoms with E-state index in [1.807, 2.05) is 13.0 Å². The number of nitrogens with zero attached hydrogens (tertiary/aromatic N) is 1. The summed E-state index contributed by atoms with van der Waals surface area (Å²) in [6.07, 6.45) is 1.24. The molecule has 0 radical (unpaired) electrons. The lowest BCUT2D eigenvalue weighted by Crippen LogP contribution is -2.30. The number of rotatable bonds is 4. The van der Waals surface area contributed by atoms with Gasteiger partial charge in [-0.05, 0) is 66.3 Å². The third-order valence-corrected chi connectivity index (χ3v) is 5.40. The van der Waals surface area contributed by atoms with E-state index < -0.39 is 11.7 Å². The fraction of sp³-hybridized carbons (Fsp3) is 0.304. The van der Waals surface area contributed by atoms with Crippen LogP contribution in [-0.4, -0.2) is 24.5 Å². The Morgan fingerprint density at radius 1 is 1.11 bits per heavy atom. The van der Waals surface area contributed by atoms with Gasteiger partial charge >= 0.3 is 6.18 Å². The lowest BCUT2D eigenvalue weighted by molar-refractivity contribution is -0.137. The molecule has 1 aromatic heterocycles. The summed E-state index contributed by atoms with van der Waals surface area (Å²) in [6.45, 7) is 4.59. The summed E-state index contributed by atoms with van der Waals surface area (Å²) in [5, 5.41) is 1.16. The highest BCUT2D eigenvalue weighted by Gasteiger charge is 2.30. The molecule has 2 nitrogen and oxygen atoms in total. The summed E-state index contributed by atoms with van der Waals surface area (Å²) in [5.41, 5.74) is 4.41. The first kappa shape index (κ1) is 18.8. The molecular weight excluding hydrogens is 363 g/mol. The van der Waals surface area contributed by atoms with Crippen molar-refractivity contribution >= 4 is 16.5 Å². The Kier molecular flexibility index (Phi) is 5.02. The quantitative estimate of drug-likeness (QED) is 0.540.